The third kappa shape index (κ3) is 2.16. The molecule has 0 aromatic heterocycles. The Morgan fingerprint density at radius 2 is 2.11 bits per heavy atom. The van der Waals surface area contributed by atoms with Crippen molar-refractivity contribution in [1.29, 1.82) is 0 Å². The normalized spacial score (nSPS) is 25.1. The molecular weight excluding hydrogens is 234 g/mol. The maximum atomic E-state index is 5.63. The van der Waals surface area contributed by atoms with Crippen LogP contribution in [-0.4, -0.2) is 20.2 Å². The molecule has 1 atom stereocenters. The molecule has 1 aromatic carbocycles. The Kier molecular flexibility index (Phi) is 3.53. The van der Waals surface area contributed by atoms with E-state index in [1.807, 2.05) is 0 Å². The van der Waals surface area contributed by atoms with Gasteiger partial charge in [-0.05, 0) is 41.9 Å². The fourth-order valence-electron chi connectivity index (χ4n) is 4.13. The van der Waals surface area contributed by atoms with Gasteiger partial charge in [-0.15, -0.1) is 0 Å². The molecule has 0 amide bonds. The fourth-order valence-corrected chi connectivity index (χ4v) is 4.13. The van der Waals surface area contributed by atoms with Crippen LogP contribution in [0.15, 0.2) is 18.2 Å². The lowest BCUT2D eigenvalue weighted by Crippen LogP contribution is -2.25. The van der Waals surface area contributed by atoms with E-state index in [0.29, 0.717) is 11.3 Å². The minimum atomic E-state index is 0.500. The van der Waals surface area contributed by atoms with Crippen molar-refractivity contribution in [1.82, 2.24) is 5.32 Å². The Morgan fingerprint density at radius 3 is 2.79 bits per heavy atom. The second-order valence-corrected chi connectivity index (χ2v) is 6.18. The van der Waals surface area contributed by atoms with E-state index >= 15 is 0 Å². The molecule has 3 rings (SSSR count). The first kappa shape index (κ1) is 13.0. The van der Waals surface area contributed by atoms with Gasteiger partial charge in [0.1, 0.15) is 5.75 Å². The van der Waals surface area contributed by atoms with Crippen molar-refractivity contribution in [2.75, 3.05) is 20.2 Å². The van der Waals surface area contributed by atoms with Crippen LogP contribution in [0, 0.1) is 5.41 Å². The summed E-state index contributed by atoms with van der Waals surface area (Å²) in [5, 5.41) is 3.64. The van der Waals surface area contributed by atoms with Gasteiger partial charge in [0.05, 0.1) is 7.11 Å². The Labute approximate surface area is 116 Å². The summed E-state index contributed by atoms with van der Waals surface area (Å²) in [6.45, 7) is 4.53. The van der Waals surface area contributed by atoms with Gasteiger partial charge in [-0.25, -0.2) is 0 Å². The Balaban J connectivity index is 2.00. The highest BCUT2D eigenvalue weighted by molar-refractivity contribution is 5.42. The first-order valence-electron chi connectivity index (χ1n) is 7.66. The summed E-state index contributed by atoms with van der Waals surface area (Å²) >= 11 is 0. The van der Waals surface area contributed by atoms with E-state index in [2.05, 4.69) is 30.4 Å². The molecule has 2 nitrogen and oxygen atoms in total. The SMILES string of the molecule is CCc1ccc(OC)c(C2CNCC23CCCC3)c1. The number of aryl methyl sites for hydroxylation is 1. The molecule has 1 heterocycles. The molecule has 1 spiro atoms. The van der Waals surface area contributed by atoms with Crippen LogP contribution >= 0.6 is 0 Å². The van der Waals surface area contributed by atoms with Crippen LogP contribution in [0.3, 0.4) is 0 Å². The van der Waals surface area contributed by atoms with Crippen molar-refractivity contribution >= 4 is 0 Å². The van der Waals surface area contributed by atoms with Gasteiger partial charge >= 0.3 is 0 Å². The Bertz CT molecular complexity index is 443. The lowest BCUT2D eigenvalue weighted by molar-refractivity contribution is 0.287. The molecule has 0 radical (unpaired) electrons. The number of methoxy groups -OCH3 is 1. The lowest BCUT2D eigenvalue weighted by Gasteiger charge is -2.31. The maximum absolute atomic E-state index is 5.63. The predicted molar refractivity (Wildman–Crippen MR) is 78.9 cm³/mol. The molecular formula is C17H25NO. The van der Waals surface area contributed by atoms with E-state index in [9.17, 15) is 0 Å². The molecule has 0 bridgehead atoms. The van der Waals surface area contributed by atoms with E-state index in [4.69, 9.17) is 4.74 Å². The van der Waals surface area contributed by atoms with Gasteiger partial charge in [0.2, 0.25) is 0 Å². The summed E-state index contributed by atoms with van der Waals surface area (Å²) in [4.78, 5) is 0. The molecule has 2 fully saturated rings. The first-order valence-corrected chi connectivity index (χ1v) is 7.66. The van der Waals surface area contributed by atoms with Crippen molar-refractivity contribution in [2.24, 2.45) is 5.41 Å². The second kappa shape index (κ2) is 5.16. The van der Waals surface area contributed by atoms with E-state index in [1.54, 1.807) is 7.11 Å². The zero-order valence-electron chi connectivity index (χ0n) is 12.2. The van der Waals surface area contributed by atoms with Crippen molar-refractivity contribution < 1.29 is 4.74 Å². The van der Waals surface area contributed by atoms with Crippen LogP contribution in [0.5, 0.6) is 5.75 Å². The van der Waals surface area contributed by atoms with Crippen LogP contribution in [-0.2, 0) is 6.42 Å². The molecule has 1 saturated carbocycles. The van der Waals surface area contributed by atoms with E-state index in [1.165, 1.54) is 43.4 Å². The van der Waals surface area contributed by atoms with Crippen LogP contribution in [0.2, 0.25) is 0 Å². The highest BCUT2D eigenvalue weighted by atomic mass is 16.5. The molecule has 104 valence electrons. The van der Waals surface area contributed by atoms with E-state index in [-0.39, 0.29) is 0 Å². The molecule has 1 unspecified atom stereocenters. The molecule has 1 saturated heterocycles. The molecule has 1 aromatic rings. The molecule has 2 heteroatoms. The standard InChI is InChI=1S/C17H25NO/c1-3-13-6-7-16(19-2)14(10-13)15-11-18-12-17(15)8-4-5-9-17/h6-7,10,15,18H,3-5,8-9,11-12H2,1-2H3. The smallest absolute Gasteiger partial charge is 0.122 e. The molecule has 19 heavy (non-hydrogen) atoms. The van der Waals surface area contributed by atoms with E-state index < -0.39 is 0 Å². The van der Waals surface area contributed by atoms with Gasteiger partial charge < -0.3 is 10.1 Å². The third-order valence-electron chi connectivity index (χ3n) is 5.24. The predicted octanol–water partition coefficient (Wildman–Crippen LogP) is 3.50. The highest BCUT2D eigenvalue weighted by Gasteiger charge is 2.46. The zero-order valence-corrected chi connectivity index (χ0v) is 12.2. The minimum Gasteiger partial charge on any atom is -0.496 e. The Morgan fingerprint density at radius 1 is 1.32 bits per heavy atom. The molecule has 1 aliphatic carbocycles. The van der Waals surface area contributed by atoms with Crippen LogP contribution < -0.4 is 10.1 Å². The number of hydrogen-bond donors (Lipinski definition) is 1. The Hall–Kier alpha value is -1.02. The van der Waals surface area contributed by atoms with Crippen LogP contribution in [0.25, 0.3) is 0 Å². The van der Waals surface area contributed by atoms with Gasteiger partial charge in [0.15, 0.2) is 0 Å². The summed E-state index contributed by atoms with van der Waals surface area (Å²) in [5.74, 6) is 1.72. The van der Waals surface area contributed by atoms with E-state index in [0.717, 1.165) is 18.7 Å². The molecule has 2 aliphatic rings. The largest absolute Gasteiger partial charge is 0.496 e. The number of hydrogen-bond acceptors (Lipinski definition) is 2. The zero-order chi connectivity index (χ0) is 13.3. The second-order valence-electron chi connectivity index (χ2n) is 6.18. The van der Waals surface area contributed by atoms with Crippen LogP contribution in [0.4, 0.5) is 0 Å². The monoisotopic (exact) mass is 259 g/mol. The average Bonchev–Trinajstić information content (AvgIpc) is 3.09. The highest BCUT2D eigenvalue weighted by Crippen LogP contribution is 2.52. The summed E-state index contributed by atoms with van der Waals surface area (Å²) in [6.07, 6.45) is 6.65. The number of ether oxygens (including phenoxy) is 1. The third-order valence-corrected chi connectivity index (χ3v) is 5.24. The minimum absolute atomic E-state index is 0.500. The van der Waals surface area contributed by atoms with Gasteiger partial charge in [0, 0.05) is 19.0 Å². The van der Waals surface area contributed by atoms with Gasteiger partial charge in [-0.2, -0.15) is 0 Å². The average molecular weight is 259 g/mol. The number of nitrogens with one attached hydrogen (secondary N) is 1. The van der Waals surface area contributed by atoms with Gasteiger partial charge in [-0.3, -0.25) is 0 Å². The summed E-state index contributed by atoms with van der Waals surface area (Å²) in [7, 11) is 1.80. The van der Waals surface area contributed by atoms with Crippen molar-refractivity contribution in [3.05, 3.63) is 29.3 Å². The molecule has 1 aliphatic heterocycles. The number of rotatable bonds is 3. The summed E-state index contributed by atoms with van der Waals surface area (Å²) in [6, 6.07) is 6.75. The topological polar surface area (TPSA) is 21.3 Å². The van der Waals surface area contributed by atoms with Crippen molar-refractivity contribution in [3.8, 4) is 5.75 Å². The maximum Gasteiger partial charge on any atom is 0.122 e. The fraction of sp³-hybridized carbons (Fsp3) is 0.647. The number of benzene rings is 1. The molecule has 1 N–H and O–H groups in total. The van der Waals surface area contributed by atoms with Crippen molar-refractivity contribution in [2.45, 2.75) is 44.9 Å². The summed E-state index contributed by atoms with van der Waals surface area (Å²) in [5.41, 5.74) is 3.37. The quantitative estimate of drug-likeness (QED) is 0.897. The van der Waals surface area contributed by atoms with Gasteiger partial charge in [0.25, 0.3) is 0 Å². The van der Waals surface area contributed by atoms with Crippen molar-refractivity contribution in [3.63, 3.8) is 0 Å². The lowest BCUT2D eigenvalue weighted by atomic mass is 9.72. The van der Waals surface area contributed by atoms with Gasteiger partial charge in [-0.1, -0.05) is 31.9 Å². The summed E-state index contributed by atoms with van der Waals surface area (Å²) < 4.78 is 5.63. The first-order chi connectivity index (χ1) is 9.29. The van der Waals surface area contributed by atoms with Crippen LogP contribution in [0.1, 0.15) is 49.7 Å².